The summed E-state index contributed by atoms with van der Waals surface area (Å²) in [5, 5.41) is 9.00. The summed E-state index contributed by atoms with van der Waals surface area (Å²) in [7, 11) is -3.65. The number of piperidine rings is 1. The molecule has 1 unspecified atom stereocenters. The third-order valence-electron chi connectivity index (χ3n) is 3.71. The van der Waals surface area contributed by atoms with Gasteiger partial charge < -0.3 is 5.11 Å². The first-order valence-electron chi connectivity index (χ1n) is 6.87. The third kappa shape index (κ3) is 4.01. The van der Waals surface area contributed by atoms with E-state index in [4.69, 9.17) is 5.11 Å². The lowest BCUT2D eigenvalue weighted by molar-refractivity contribution is -0.142. The molecule has 1 aromatic carbocycles. The number of nitrogens with zero attached hydrogens (tertiary/aromatic N) is 1. The SMILES string of the molecule is O=C(O)C1CCCN(S(=O)(=O)Cc2ccc(C(F)F)cc2)C1. The van der Waals surface area contributed by atoms with Gasteiger partial charge in [-0.15, -0.1) is 0 Å². The predicted octanol–water partition coefficient (Wildman–Crippen LogP) is 2.25. The Morgan fingerprint density at radius 1 is 1.32 bits per heavy atom. The topological polar surface area (TPSA) is 74.7 Å². The Morgan fingerprint density at radius 2 is 1.95 bits per heavy atom. The molecule has 122 valence electrons. The maximum atomic E-state index is 12.5. The molecule has 1 aromatic rings. The molecule has 0 aromatic heterocycles. The zero-order chi connectivity index (χ0) is 16.3. The van der Waals surface area contributed by atoms with Gasteiger partial charge in [-0.1, -0.05) is 24.3 Å². The highest BCUT2D eigenvalue weighted by atomic mass is 32.2. The number of carboxylic acids is 1. The second-order valence-electron chi connectivity index (χ2n) is 5.33. The minimum Gasteiger partial charge on any atom is -0.481 e. The van der Waals surface area contributed by atoms with Crippen LogP contribution in [0.2, 0.25) is 0 Å². The van der Waals surface area contributed by atoms with E-state index in [1.165, 1.54) is 28.6 Å². The fourth-order valence-corrected chi connectivity index (χ4v) is 4.07. The average Bonchev–Trinajstić information content (AvgIpc) is 2.47. The van der Waals surface area contributed by atoms with Crippen molar-refractivity contribution in [3.05, 3.63) is 35.4 Å². The molecule has 1 aliphatic rings. The lowest BCUT2D eigenvalue weighted by Gasteiger charge is -2.29. The number of hydrogen-bond acceptors (Lipinski definition) is 3. The number of benzene rings is 1. The average molecular weight is 333 g/mol. The minimum absolute atomic E-state index is 0.0349. The summed E-state index contributed by atoms with van der Waals surface area (Å²) in [4.78, 5) is 11.0. The van der Waals surface area contributed by atoms with Gasteiger partial charge in [-0.25, -0.2) is 21.5 Å². The second kappa shape index (κ2) is 6.70. The number of hydrogen-bond donors (Lipinski definition) is 1. The van der Waals surface area contributed by atoms with Gasteiger partial charge >= 0.3 is 5.97 Å². The molecule has 0 spiro atoms. The van der Waals surface area contributed by atoms with Crippen molar-refractivity contribution in [3.63, 3.8) is 0 Å². The van der Waals surface area contributed by atoms with E-state index in [1.807, 2.05) is 0 Å². The monoisotopic (exact) mass is 333 g/mol. The molecule has 0 amide bonds. The van der Waals surface area contributed by atoms with Crippen LogP contribution in [0.15, 0.2) is 24.3 Å². The molecular weight excluding hydrogens is 316 g/mol. The van der Waals surface area contributed by atoms with Crippen LogP contribution < -0.4 is 0 Å². The summed E-state index contributed by atoms with van der Waals surface area (Å²) in [6.07, 6.45) is -1.63. The molecule has 1 saturated heterocycles. The molecule has 5 nitrogen and oxygen atoms in total. The first-order valence-corrected chi connectivity index (χ1v) is 8.48. The van der Waals surface area contributed by atoms with Crippen LogP contribution in [0.25, 0.3) is 0 Å². The van der Waals surface area contributed by atoms with E-state index < -0.39 is 28.3 Å². The van der Waals surface area contributed by atoms with E-state index >= 15 is 0 Å². The molecule has 1 fully saturated rings. The van der Waals surface area contributed by atoms with Crippen LogP contribution in [0, 0.1) is 5.92 Å². The number of aliphatic carboxylic acids is 1. The number of halogens is 2. The van der Waals surface area contributed by atoms with Gasteiger partial charge in [0.2, 0.25) is 10.0 Å². The normalized spacial score (nSPS) is 20.2. The first-order chi connectivity index (χ1) is 10.3. The van der Waals surface area contributed by atoms with E-state index in [0.29, 0.717) is 24.9 Å². The molecule has 1 heterocycles. The second-order valence-corrected chi connectivity index (χ2v) is 7.30. The maximum absolute atomic E-state index is 12.5. The zero-order valence-corrected chi connectivity index (χ0v) is 12.6. The Kier molecular flexibility index (Phi) is 5.12. The van der Waals surface area contributed by atoms with Crippen LogP contribution in [0.1, 0.15) is 30.4 Å². The zero-order valence-electron chi connectivity index (χ0n) is 11.8. The standard InChI is InChI=1S/C14H17F2NO4S/c15-13(16)11-5-3-10(4-6-11)9-22(20,21)17-7-1-2-12(8-17)14(18)19/h3-6,12-13H,1-2,7-9H2,(H,18,19). The van der Waals surface area contributed by atoms with Crippen molar-refractivity contribution >= 4 is 16.0 Å². The largest absolute Gasteiger partial charge is 0.481 e. The fourth-order valence-electron chi connectivity index (χ4n) is 2.46. The molecule has 0 aliphatic carbocycles. The van der Waals surface area contributed by atoms with Crippen LogP contribution in [-0.2, 0) is 20.6 Å². The van der Waals surface area contributed by atoms with Crippen molar-refractivity contribution in [3.8, 4) is 0 Å². The Labute approximate surface area is 127 Å². The molecule has 1 aliphatic heterocycles. The van der Waals surface area contributed by atoms with E-state index in [9.17, 15) is 22.0 Å². The van der Waals surface area contributed by atoms with Crippen molar-refractivity contribution in [2.75, 3.05) is 13.1 Å². The van der Waals surface area contributed by atoms with Crippen molar-refractivity contribution in [1.29, 1.82) is 0 Å². The summed E-state index contributed by atoms with van der Waals surface area (Å²) in [6, 6.07) is 5.12. The molecular formula is C14H17F2NO4S. The third-order valence-corrected chi connectivity index (χ3v) is 5.52. The highest BCUT2D eigenvalue weighted by molar-refractivity contribution is 7.88. The number of carboxylic acid groups (broad SMARTS) is 1. The van der Waals surface area contributed by atoms with Gasteiger partial charge in [0.15, 0.2) is 0 Å². The van der Waals surface area contributed by atoms with Crippen LogP contribution in [0.3, 0.4) is 0 Å². The molecule has 0 radical (unpaired) electrons. The molecule has 2 rings (SSSR count). The Morgan fingerprint density at radius 3 is 2.50 bits per heavy atom. The first kappa shape index (κ1) is 16.8. The summed E-state index contributed by atoms with van der Waals surface area (Å²) in [5.74, 6) is -2.01. The van der Waals surface area contributed by atoms with Crippen LogP contribution in [-0.4, -0.2) is 36.9 Å². The Balaban J connectivity index is 2.08. The van der Waals surface area contributed by atoms with Gasteiger partial charge in [0.25, 0.3) is 6.43 Å². The van der Waals surface area contributed by atoms with Crippen LogP contribution in [0.5, 0.6) is 0 Å². The molecule has 8 heteroatoms. The van der Waals surface area contributed by atoms with Gasteiger partial charge in [-0.05, 0) is 18.4 Å². The highest BCUT2D eigenvalue weighted by Crippen LogP contribution is 2.23. The number of alkyl halides is 2. The van der Waals surface area contributed by atoms with Crippen molar-refractivity contribution in [2.45, 2.75) is 25.0 Å². The Bertz CT molecular complexity index is 631. The van der Waals surface area contributed by atoms with Crippen molar-refractivity contribution in [2.24, 2.45) is 5.92 Å². The molecule has 1 atom stereocenters. The number of sulfonamides is 1. The van der Waals surface area contributed by atoms with E-state index in [1.54, 1.807) is 0 Å². The van der Waals surface area contributed by atoms with E-state index in [2.05, 4.69) is 0 Å². The summed E-state index contributed by atoms with van der Waals surface area (Å²) >= 11 is 0. The van der Waals surface area contributed by atoms with Crippen molar-refractivity contribution in [1.82, 2.24) is 4.31 Å². The van der Waals surface area contributed by atoms with Crippen LogP contribution in [0.4, 0.5) is 8.78 Å². The molecule has 0 saturated carbocycles. The van der Waals surface area contributed by atoms with Gasteiger partial charge in [-0.3, -0.25) is 4.79 Å². The highest BCUT2D eigenvalue weighted by Gasteiger charge is 2.32. The molecule has 0 bridgehead atoms. The van der Waals surface area contributed by atoms with E-state index in [-0.39, 0.29) is 17.9 Å². The number of rotatable bonds is 5. The number of carbonyl (C=O) groups is 1. The van der Waals surface area contributed by atoms with Crippen molar-refractivity contribution < 1.29 is 27.1 Å². The molecule has 1 N–H and O–H groups in total. The Hall–Kier alpha value is -1.54. The summed E-state index contributed by atoms with van der Waals surface area (Å²) in [6.45, 7) is 0.258. The minimum atomic E-state index is -3.65. The van der Waals surface area contributed by atoms with E-state index in [0.717, 1.165) is 0 Å². The van der Waals surface area contributed by atoms with Gasteiger partial charge in [0.1, 0.15) is 0 Å². The lowest BCUT2D eigenvalue weighted by atomic mass is 10.0. The smallest absolute Gasteiger partial charge is 0.307 e. The van der Waals surface area contributed by atoms with Gasteiger partial charge in [0, 0.05) is 18.7 Å². The maximum Gasteiger partial charge on any atom is 0.307 e. The molecule has 22 heavy (non-hydrogen) atoms. The quantitative estimate of drug-likeness (QED) is 0.897. The summed E-state index contributed by atoms with van der Waals surface area (Å²) in [5.41, 5.74) is 0.243. The van der Waals surface area contributed by atoms with Gasteiger partial charge in [0.05, 0.1) is 11.7 Å². The predicted molar refractivity (Wildman–Crippen MR) is 76.0 cm³/mol. The fraction of sp³-hybridized carbons (Fsp3) is 0.500. The summed E-state index contributed by atoms with van der Waals surface area (Å²) < 4.78 is 50.8. The van der Waals surface area contributed by atoms with Crippen LogP contribution >= 0.6 is 0 Å². The van der Waals surface area contributed by atoms with Gasteiger partial charge in [-0.2, -0.15) is 0 Å². The lowest BCUT2D eigenvalue weighted by Crippen LogP contribution is -2.42.